The van der Waals surface area contributed by atoms with E-state index in [-0.39, 0.29) is 11.8 Å². The molecule has 1 aliphatic heterocycles. The van der Waals surface area contributed by atoms with Gasteiger partial charge in [0.05, 0.1) is 5.56 Å². The average Bonchev–Trinajstić information content (AvgIpc) is 2.85. The summed E-state index contributed by atoms with van der Waals surface area (Å²) in [4.78, 5) is 28.4. The van der Waals surface area contributed by atoms with Crippen LogP contribution in [-0.4, -0.2) is 31.4 Å². The molecule has 34 heavy (non-hydrogen) atoms. The van der Waals surface area contributed by atoms with Crippen molar-refractivity contribution < 1.29 is 9.59 Å². The van der Waals surface area contributed by atoms with Gasteiger partial charge in [-0.1, -0.05) is 55.5 Å². The summed E-state index contributed by atoms with van der Waals surface area (Å²) in [7, 11) is 0. The molecule has 4 rings (SSSR count). The SMILES string of the molecule is Cc1ccccc1C(=O)Nc1ccc(N2CCC(C)CC2)c(C(=O)NCCc2ccccc2)c1. The quantitative estimate of drug-likeness (QED) is 0.498. The third-order valence-corrected chi connectivity index (χ3v) is 6.56. The van der Waals surface area contributed by atoms with Crippen LogP contribution in [0.2, 0.25) is 0 Å². The fourth-order valence-electron chi connectivity index (χ4n) is 4.41. The minimum Gasteiger partial charge on any atom is -0.371 e. The highest BCUT2D eigenvalue weighted by atomic mass is 16.2. The maximum Gasteiger partial charge on any atom is 0.255 e. The minimum absolute atomic E-state index is 0.114. The highest BCUT2D eigenvalue weighted by Crippen LogP contribution is 2.29. The van der Waals surface area contributed by atoms with E-state index in [9.17, 15) is 9.59 Å². The van der Waals surface area contributed by atoms with Crippen molar-refractivity contribution in [1.82, 2.24) is 5.32 Å². The summed E-state index contributed by atoms with van der Waals surface area (Å²) in [6, 6.07) is 23.3. The molecule has 1 aliphatic rings. The molecule has 0 spiro atoms. The van der Waals surface area contributed by atoms with Crippen LogP contribution in [0.5, 0.6) is 0 Å². The fourth-order valence-corrected chi connectivity index (χ4v) is 4.41. The number of benzene rings is 3. The molecule has 0 aromatic heterocycles. The van der Waals surface area contributed by atoms with Gasteiger partial charge in [0.15, 0.2) is 0 Å². The third-order valence-electron chi connectivity index (χ3n) is 6.56. The van der Waals surface area contributed by atoms with E-state index in [2.05, 4.69) is 34.6 Å². The van der Waals surface area contributed by atoms with Crippen molar-refractivity contribution in [2.45, 2.75) is 33.1 Å². The van der Waals surface area contributed by atoms with Gasteiger partial charge in [0.1, 0.15) is 0 Å². The molecule has 0 radical (unpaired) electrons. The highest BCUT2D eigenvalue weighted by Gasteiger charge is 2.22. The van der Waals surface area contributed by atoms with Crippen LogP contribution in [0.1, 0.15) is 51.6 Å². The second-order valence-corrected chi connectivity index (χ2v) is 9.16. The van der Waals surface area contributed by atoms with E-state index in [1.54, 1.807) is 6.07 Å². The van der Waals surface area contributed by atoms with Crippen molar-refractivity contribution in [3.63, 3.8) is 0 Å². The van der Waals surface area contributed by atoms with Gasteiger partial charge >= 0.3 is 0 Å². The van der Waals surface area contributed by atoms with Gasteiger partial charge in [0.25, 0.3) is 11.8 Å². The zero-order chi connectivity index (χ0) is 23.9. The van der Waals surface area contributed by atoms with E-state index in [0.29, 0.717) is 29.3 Å². The fraction of sp³-hybridized carbons (Fsp3) is 0.310. The monoisotopic (exact) mass is 455 g/mol. The van der Waals surface area contributed by atoms with E-state index in [4.69, 9.17) is 0 Å². The Bertz CT molecular complexity index is 1140. The number of carbonyl (C=O) groups is 2. The Morgan fingerprint density at radius 1 is 0.882 bits per heavy atom. The molecule has 0 unspecified atom stereocenters. The molecule has 3 aromatic carbocycles. The molecule has 1 saturated heterocycles. The van der Waals surface area contributed by atoms with Crippen molar-refractivity contribution in [3.05, 3.63) is 95.1 Å². The van der Waals surface area contributed by atoms with Crippen LogP contribution in [0, 0.1) is 12.8 Å². The molecule has 1 heterocycles. The van der Waals surface area contributed by atoms with Gasteiger partial charge in [-0.3, -0.25) is 9.59 Å². The molecule has 176 valence electrons. The Kier molecular flexibility index (Phi) is 7.63. The van der Waals surface area contributed by atoms with Gasteiger partial charge in [-0.05, 0) is 67.5 Å². The van der Waals surface area contributed by atoms with Gasteiger partial charge in [0, 0.05) is 36.6 Å². The first kappa shape index (κ1) is 23.6. The lowest BCUT2D eigenvalue weighted by Crippen LogP contribution is -2.35. The zero-order valence-electron chi connectivity index (χ0n) is 20.0. The lowest BCUT2D eigenvalue weighted by atomic mass is 9.97. The summed E-state index contributed by atoms with van der Waals surface area (Å²) in [6.07, 6.45) is 2.99. The highest BCUT2D eigenvalue weighted by molar-refractivity contribution is 6.07. The predicted octanol–water partition coefficient (Wildman–Crippen LogP) is 5.46. The molecule has 2 amide bonds. The van der Waals surface area contributed by atoms with Crippen LogP contribution < -0.4 is 15.5 Å². The number of hydrogen-bond donors (Lipinski definition) is 2. The normalized spacial score (nSPS) is 14.0. The Labute approximate surface area is 202 Å². The van der Waals surface area contributed by atoms with E-state index >= 15 is 0 Å². The molecule has 0 aliphatic carbocycles. The maximum atomic E-state index is 13.3. The number of anilines is 2. The summed E-state index contributed by atoms with van der Waals surface area (Å²) in [5.74, 6) is 0.414. The summed E-state index contributed by atoms with van der Waals surface area (Å²) >= 11 is 0. The standard InChI is InChI=1S/C29H33N3O2/c1-21-15-18-32(19-16-21)27-13-12-24(31-29(34)25-11-7-6-8-22(25)2)20-26(27)28(33)30-17-14-23-9-4-3-5-10-23/h3-13,20-21H,14-19H2,1-2H3,(H,30,33)(H,31,34). The molecular formula is C29H33N3O2. The Morgan fingerprint density at radius 3 is 2.32 bits per heavy atom. The summed E-state index contributed by atoms with van der Waals surface area (Å²) < 4.78 is 0. The Balaban J connectivity index is 1.53. The maximum absolute atomic E-state index is 13.3. The van der Waals surface area contributed by atoms with Crippen LogP contribution >= 0.6 is 0 Å². The molecule has 2 N–H and O–H groups in total. The van der Waals surface area contributed by atoms with Crippen LogP contribution in [0.15, 0.2) is 72.8 Å². The minimum atomic E-state index is -0.173. The number of carbonyl (C=O) groups excluding carboxylic acids is 2. The summed E-state index contributed by atoms with van der Waals surface area (Å²) in [6.45, 7) is 6.61. The number of rotatable bonds is 7. The summed E-state index contributed by atoms with van der Waals surface area (Å²) in [5.41, 5.74) is 4.88. The molecule has 0 atom stereocenters. The van der Waals surface area contributed by atoms with Gasteiger partial charge in [-0.15, -0.1) is 0 Å². The molecule has 1 fully saturated rings. The van der Waals surface area contributed by atoms with Crippen molar-refractivity contribution in [2.24, 2.45) is 5.92 Å². The molecule has 3 aromatic rings. The van der Waals surface area contributed by atoms with E-state index in [1.807, 2.05) is 61.5 Å². The number of nitrogens with one attached hydrogen (secondary N) is 2. The van der Waals surface area contributed by atoms with Crippen LogP contribution in [0.25, 0.3) is 0 Å². The average molecular weight is 456 g/mol. The van der Waals surface area contributed by atoms with Crippen molar-refractivity contribution in [1.29, 1.82) is 0 Å². The predicted molar refractivity (Wildman–Crippen MR) is 139 cm³/mol. The van der Waals surface area contributed by atoms with Crippen molar-refractivity contribution in [2.75, 3.05) is 29.9 Å². The molecule has 0 bridgehead atoms. The van der Waals surface area contributed by atoms with Crippen molar-refractivity contribution >= 4 is 23.2 Å². The number of nitrogens with zero attached hydrogens (tertiary/aromatic N) is 1. The first-order valence-electron chi connectivity index (χ1n) is 12.1. The first-order chi connectivity index (χ1) is 16.5. The second-order valence-electron chi connectivity index (χ2n) is 9.16. The van der Waals surface area contributed by atoms with Crippen molar-refractivity contribution in [3.8, 4) is 0 Å². The van der Waals surface area contributed by atoms with E-state index in [0.717, 1.165) is 43.6 Å². The smallest absolute Gasteiger partial charge is 0.255 e. The number of piperidine rings is 1. The molecule has 5 nitrogen and oxygen atoms in total. The van der Waals surface area contributed by atoms with Crippen LogP contribution in [0.4, 0.5) is 11.4 Å². The second kappa shape index (κ2) is 11.0. The first-order valence-corrected chi connectivity index (χ1v) is 12.1. The third kappa shape index (κ3) is 5.84. The zero-order valence-corrected chi connectivity index (χ0v) is 20.0. The van der Waals surface area contributed by atoms with Crippen LogP contribution in [-0.2, 0) is 6.42 Å². The number of aryl methyl sites for hydroxylation is 1. The largest absolute Gasteiger partial charge is 0.371 e. The van der Waals surface area contributed by atoms with Gasteiger partial charge in [-0.2, -0.15) is 0 Å². The molecule has 5 heteroatoms. The lowest BCUT2D eigenvalue weighted by molar-refractivity contribution is 0.0953. The van der Waals surface area contributed by atoms with Crippen LogP contribution in [0.3, 0.4) is 0 Å². The molecule has 0 saturated carbocycles. The Hall–Kier alpha value is -3.60. The van der Waals surface area contributed by atoms with E-state index in [1.165, 1.54) is 5.56 Å². The van der Waals surface area contributed by atoms with E-state index < -0.39 is 0 Å². The number of hydrogen-bond acceptors (Lipinski definition) is 3. The van der Waals surface area contributed by atoms with Gasteiger partial charge in [0.2, 0.25) is 0 Å². The van der Waals surface area contributed by atoms with Gasteiger partial charge < -0.3 is 15.5 Å². The lowest BCUT2D eigenvalue weighted by Gasteiger charge is -2.33. The summed E-state index contributed by atoms with van der Waals surface area (Å²) in [5, 5.41) is 6.05. The molecular weight excluding hydrogens is 422 g/mol. The Morgan fingerprint density at radius 2 is 1.59 bits per heavy atom. The van der Waals surface area contributed by atoms with Gasteiger partial charge in [-0.25, -0.2) is 0 Å². The topological polar surface area (TPSA) is 61.4 Å². The number of amides is 2.